The molecule has 2 aromatic rings. The molecule has 0 radical (unpaired) electrons. The summed E-state index contributed by atoms with van der Waals surface area (Å²) in [5.74, 6) is 0.103. The molecule has 1 aromatic carbocycles. The van der Waals surface area contributed by atoms with Crippen molar-refractivity contribution in [2.75, 3.05) is 5.75 Å². The molecule has 5 heteroatoms. The van der Waals surface area contributed by atoms with Crippen LogP contribution >= 0.6 is 0 Å². The second-order valence-corrected chi connectivity index (χ2v) is 6.87. The van der Waals surface area contributed by atoms with Crippen LogP contribution in [0.3, 0.4) is 0 Å². The summed E-state index contributed by atoms with van der Waals surface area (Å²) in [6, 6.07) is 12.1. The molecule has 0 amide bonds. The molecule has 0 aliphatic heterocycles. The number of aromatic nitrogens is 1. The van der Waals surface area contributed by atoms with Gasteiger partial charge in [-0.15, -0.1) is 0 Å². The Morgan fingerprint density at radius 1 is 1.15 bits per heavy atom. The number of rotatable bonds is 6. The number of sulfonamides is 1. The third-order valence-corrected chi connectivity index (χ3v) is 4.72. The Labute approximate surface area is 120 Å². The van der Waals surface area contributed by atoms with Gasteiger partial charge >= 0.3 is 0 Å². The lowest BCUT2D eigenvalue weighted by Crippen LogP contribution is -2.26. The molecule has 108 valence electrons. The number of hydrogen-bond donors (Lipinski definition) is 1. The minimum atomic E-state index is -3.16. The monoisotopic (exact) mass is 292 g/mol. The van der Waals surface area contributed by atoms with Gasteiger partial charge in [-0.2, -0.15) is 0 Å². The zero-order valence-corrected chi connectivity index (χ0v) is 12.7. The Morgan fingerprint density at radius 3 is 2.60 bits per heavy atom. The van der Waals surface area contributed by atoms with Gasteiger partial charge in [-0.25, -0.2) is 13.1 Å². The Hall–Kier alpha value is -1.59. The van der Waals surface area contributed by atoms with E-state index in [0.29, 0.717) is 6.54 Å². The molecule has 4 nitrogen and oxygen atoms in total. The van der Waals surface area contributed by atoms with Gasteiger partial charge in [0.25, 0.3) is 0 Å². The Kier molecular flexibility index (Phi) is 4.62. The average molecular weight is 292 g/mol. The fourth-order valence-electron chi connectivity index (χ4n) is 2.02. The van der Waals surface area contributed by atoms with Gasteiger partial charge in [-0.05, 0) is 37.1 Å². The number of aryl methyl sites for hydroxylation is 1. The number of benzene rings is 1. The van der Waals surface area contributed by atoms with E-state index in [9.17, 15) is 8.42 Å². The first-order valence-corrected chi connectivity index (χ1v) is 8.33. The SMILES string of the molecule is CCS(=O)(=O)NCc1cccn1Cc1ccccc1C. The van der Waals surface area contributed by atoms with Gasteiger partial charge < -0.3 is 4.57 Å². The Balaban J connectivity index is 2.11. The van der Waals surface area contributed by atoms with E-state index in [1.54, 1.807) is 6.92 Å². The first-order valence-electron chi connectivity index (χ1n) is 6.67. The molecule has 0 bridgehead atoms. The van der Waals surface area contributed by atoms with Gasteiger partial charge in [0.1, 0.15) is 0 Å². The molecule has 0 unspecified atom stereocenters. The molecular formula is C15H20N2O2S. The van der Waals surface area contributed by atoms with Crippen LogP contribution in [0.5, 0.6) is 0 Å². The van der Waals surface area contributed by atoms with Crippen LogP contribution in [0.25, 0.3) is 0 Å². The number of nitrogens with zero attached hydrogens (tertiary/aromatic N) is 1. The zero-order valence-electron chi connectivity index (χ0n) is 11.8. The van der Waals surface area contributed by atoms with Crippen molar-refractivity contribution >= 4 is 10.0 Å². The van der Waals surface area contributed by atoms with E-state index in [-0.39, 0.29) is 5.75 Å². The minimum absolute atomic E-state index is 0.103. The predicted molar refractivity (Wildman–Crippen MR) is 81.0 cm³/mol. The van der Waals surface area contributed by atoms with Crippen LogP contribution in [-0.2, 0) is 23.1 Å². The third kappa shape index (κ3) is 3.71. The summed E-state index contributed by atoms with van der Waals surface area (Å²) in [6.45, 7) is 4.80. The maximum absolute atomic E-state index is 11.5. The van der Waals surface area contributed by atoms with E-state index < -0.39 is 10.0 Å². The zero-order chi connectivity index (χ0) is 14.6. The largest absolute Gasteiger partial charge is 0.346 e. The molecule has 20 heavy (non-hydrogen) atoms. The Bertz CT molecular complexity index is 675. The summed E-state index contributed by atoms with van der Waals surface area (Å²) >= 11 is 0. The minimum Gasteiger partial charge on any atom is -0.346 e. The lowest BCUT2D eigenvalue weighted by Gasteiger charge is -2.12. The van der Waals surface area contributed by atoms with Crippen LogP contribution in [0.1, 0.15) is 23.7 Å². The molecule has 0 aliphatic carbocycles. The molecule has 0 spiro atoms. The standard InChI is InChI=1S/C15H20N2O2S/c1-3-20(18,19)16-11-15-9-6-10-17(15)12-14-8-5-4-7-13(14)2/h4-10,16H,3,11-12H2,1-2H3. The molecule has 1 N–H and O–H groups in total. The molecule has 2 rings (SSSR count). The van der Waals surface area contributed by atoms with E-state index in [1.165, 1.54) is 11.1 Å². The quantitative estimate of drug-likeness (QED) is 0.888. The summed E-state index contributed by atoms with van der Waals surface area (Å²) in [5, 5.41) is 0. The highest BCUT2D eigenvalue weighted by atomic mass is 32.2. The van der Waals surface area contributed by atoms with E-state index in [2.05, 4.69) is 28.3 Å². The van der Waals surface area contributed by atoms with Gasteiger partial charge in [0.05, 0.1) is 12.3 Å². The normalized spacial score (nSPS) is 11.7. The van der Waals surface area contributed by atoms with E-state index >= 15 is 0 Å². The van der Waals surface area contributed by atoms with Crippen LogP contribution in [0.15, 0.2) is 42.6 Å². The topological polar surface area (TPSA) is 51.1 Å². The highest BCUT2D eigenvalue weighted by molar-refractivity contribution is 7.89. The average Bonchev–Trinajstić information content (AvgIpc) is 2.87. The summed E-state index contributed by atoms with van der Waals surface area (Å²) in [5.41, 5.74) is 3.44. The van der Waals surface area contributed by atoms with Crippen molar-refractivity contribution in [1.29, 1.82) is 0 Å². The highest BCUT2D eigenvalue weighted by Crippen LogP contribution is 2.12. The van der Waals surface area contributed by atoms with E-state index in [1.807, 2.05) is 30.5 Å². The summed E-state index contributed by atoms with van der Waals surface area (Å²) in [7, 11) is -3.16. The van der Waals surface area contributed by atoms with Crippen molar-refractivity contribution in [2.45, 2.75) is 26.9 Å². The number of hydrogen-bond acceptors (Lipinski definition) is 2. The van der Waals surface area contributed by atoms with Gasteiger partial charge in [0, 0.05) is 18.4 Å². The van der Waals surface area contributed by atoms with Crippen LogP contribution in [0.2, 0.25) is 0 Å². The molecule has 0 saturated heterocycles. The van der Waals surface area contributed by atoms with Crippen molar-refractivity contribution < 1.29 is 8.42 Å². The van der Waals surface area contributed by atoms with Crippen LogP contribution < -0.4 is 4.72 Å². The van der Waals surface area contributed by atoms with E-state index in [0.717, 1.165) is 12.2 Å². The van der Waals surface area contributed by atoms with Crippen molar-refractivity contribution in [3.8, 4) is 0 Å². The second kappa shape index (κ2) is 6.24. The summed E-state index contributed by atoms with van der Waals surface area (Å²) in [4.78, 5) is 0. The van der Waals surface area contributed by atoms with Crippen LogP contribution in [0, 0.1) is 6.92 Å². The maximum atomic E-state index is 11.5. The van der Waals surface area contributed by atoms with E-state index in [4.69, 9.17) is 0 Å². The van der Waals surface area contributed by atoms with Crippen molar-refractivity contribution in [3.63, 3.8) is 0 Å². The molecule has 0 fully saturated rings. The lowest BCUT2D eigenvalue weighted by molar-refractivity contribution is 0.579. The summed E-state index contributed by atoms with van der Waals surface area (Å²) in [6.07, 6.45) is 1.97. The smallest absolute Gasteiger partial charge is 0.211 e. The lowest BCUT2D eigenvalue weighted by atomic mass is 10.1. The summed E-state index contributed by atoms with van der Waals surface area (Å²) < 4.78 is 27.7. The van der Waals surface area contributed by atoms with Gasteiger partial charge in [0.15, 0.2) is 0 Å². The fourth-order valence-corrected chi connectivity index (χ4v) is 2.59. The molecule has 0 atom stereocenters. The second-order valence-electron chi connectivity index (χ2n) is 4.78. The third-order valence-electron chi connectivity index (χ3n) is 3.38. The van der Waals surface area contributed by atoms with Crippen LogP contribution in [0.4, 0.5) is 0 Å². The molecule has 0 saturated carbocycles. The van der Waals surface area contributed by atoms with Crippen molar-refractivity contribution in [3.05, 3.63) is 59.4 Å². The van der Waals surface area contributed by atoms with Crippen LogP contribution in [-0.4, -0.2) is 18.7 Å². The van der Waals surface area contributed by atoms with Gasteiger partial charge in [0.2, 0.25) is 10.0 Å². The number of nitrogens with one attached hydrogen (secondary N) is 1. The molecule has 1 heterocycles. The maximum Gasteiger partial charge on any atom is 0.211 e. The predicted octanol–water partition coefficient (Wildman–Crippen LogP) is 2.28. The molecule has 0 aliphatic rings. The fraction of sp³-hybridized carbons (Fsp3) is 0.333. The highest BCUT2D eigenvalue weighted by Gasteiger charge is 2.09. The first-order chi connectivity index (χ1) is 9.52. The molecular weight excluding hydrogens is 272 g/mol. The van der Waals surface area contributed by atoms with Crippen molar-refractivity contribution in [2.24, 2.45) is 0 Å². The van der Waals surface area contributed by atoms with Gasteiger partial charge in [-0.3, -0.25) is 0 Å². The first kappa shape index (κ1) is 14.8. The van der Waals surface area contributed by atoms with Crippen molar-refractivity contribution in [1.82, 2.24) is 9.29 Å². The Morgan fingerprint density at radius 2 is 1.90 bits per heavy atom. The molecule has 1 aromatic heterocycles. The van der Waals surface area contributed by atoms with Gasteiger partial charge in [-0.1, -0.05) is 24.3 Å².